The highest BCUT2D eigenvalue weighted by molar-refractivity contribution is 5.98. The lowest BCUT2D eigenvalue weighted by molar-refractivity contribution is -0.674. The molecule has 0 fully saturated rings. The van der Waals surface area contributed by atoms with Gasteiger partial charge < -0.3 is 0 Å². The van der Waals surface area contributed by atoms with Crippen LogP contribution in [-0.2, 0) is 6.54 Å². The molecule has 0 radical (unpaired) electrons. The molecule has 6 aromatic rings. The maximum atomic E-state index is 2.64. The normalized spacial score (nSPS) is 15.1. The zero-order chi connectivity index (χ0) is 29.0. The summed E-state index contributed by atoms with van der Waals surface area (Å²) >= 11 is 0. The van der Waals surface area contributed by atoms with Gasteiger partial charge in [-0.2, -0.15) is 13.7 Å². The quantitative estimate of drug-likeness (QED) is 0.172. The van der Waals surface area contributed by atoms with E-state index in [1.165, 1.54) is 95.4 Å². The molecule has 0 spiro atoms. The van der Waals surface area contributed by atoms with Gasteiger partial charge in [0.2, 0.25) is 34.2 Å². The summed E-state index contributed by atoms with van der Waals surface area (Å²) < 4.78 is 7.58. The number of nitrogens with zero attached hydrogens (tertiary/aromatic N) is 3. The average Bonchev–Trinajstić information content (AvgIpc) is 3.06. The number of aryl methyl sites for hydroxylation is 4. The van der Waals surface area contributed by atoms with Gasteiger partial charge >= 0.3 is 0 Å². The van der Waals surface area contributed by atoms with E-state index in [9.17, 15) is 0 Å². The Hall–Kier alpha value is -5.15. The highest BCUT2D eigenvalue weighted by Crippen LogP contribution is 2.46. The molecule has 3 heteroatoms. The van der Waals surface area contributed by atoms with Crippen molar-refractivity contribution in [1.29, 1.82) is 0 Å². The summed E-state index contributed by atoms with van der Waals surface area (Å²) in [6, 6.07) is 36.3. The smallest absolute Gasteiger partial charge is 0.193 e. The van der Waals surface area contributed by atoms with Gasteiger partial charge in [0.05, 0.1) is 22.3 Å². The summed E-state index contributed by atoms with van der Waals surface area (Å²) in [5, 5.41) is 0. The molecule has 3 nitrogen and oxygen atoms in total. The molecule has 7 heterocycles. The molecule has 0 saturated carbocycles. The Bertz CT molecular complexity index is 2250. The van der Waals surface area contributed by atoms with Gasteiger partial charge in [0.15, 0.2) is 18.9 Å². The second-order valence-corrected chi connectivity index (χ2v) is 12.2. The Morgan fingerprint density at radius 3 is 1.77 bits per heavy atom. The van der Waals surface area contributed by atoms with Gasteiger partial charge in [0, 0.05) is 41.0 Å². The summed E-state index contributed by atoms with van der Waals surface area (Å²) in [5.41, 5.74) is 21.6. The fourth-order valence-corrected chi connectivity index (χ4v) is 8.08. The van der Waals surface area contributed by atoms with Crippen LogP contribution in [0.1, 0.15) is 33.4 Å². The van der Waals surface area contributed by atoms with Gasteiger partial charge in [0.1, 0.15) is 11.1 Å². The molecular weight excluding hydrogens is 522 g/mol. The van der Waals surface area contributed by atoms with Crippen molar-refractivity contribution < 1.29 is 13.7 Å². The summed E-state index contributed by atoms with van der Waals surface area (Å²) in [5.74, 6) is 0. The minimum absolute atomic E-state index is 0.744. The van der Waals surface area contributed by atoms with E-state index in [-0.39, 0.29) is 0 Å². The van der Waals surface area contributed by atoms with Crippen molar-refractivity contribution >= 4 is 11.3 Å². The number of hydrogen-bond acceptors (Lipinski definition) is 0. The van der Waals surface area contributed by atoms with Crippen LogP contribution in [-0.4, -0.2) is 0 Å². The van der Waals surface area contributed by atoms with Crippen molar-refractivity contribution in [3.8, 4) is 50.7 Å². The number of rotatable bonds is 0. The standard InChI is InChI=1S/C40H32N3/c1-24-21-25(2)36-34-18-10-12-20-42(34)39-31-16-8-7-15-30(31)38-27(4)22-26(3)37-29-14-6-5-13-28(29)32(39)23-41-19-11-9-17-33(41)35(24)40(36)43(37)38/h5-22H,23H2,1-4H3/q+3/b32-28?,36-34?,37-29?,39-32+,42-39?,43-40?. The number of pyridine rings is 3. The van der Waals surface area contributed by atoms with Crippen molar-refractivity contribution in [2.24, 2.45) is 0 Å². The van der Waals surface area contributed by atoms with E-state index < -0.39 is 0 Å². The Balaban J connectivity index is 1.74. The van der Waals surface area contributed by atoms with E-state index in [0.29, 0.717) is 0 Å². The summed E-state index contributed by atoms with van der Waals surface area (Å²) in [6.07, 6.45) is 4.53. The molecule has 3 aromatic carbocycles. The summed E-state index contributed by atoms with van der Waals surface area (Å²) in [6.45, 7) is 9.90. The molecule has 8 bridgehead atoms. The van der Waals surface area contributed by atoms with Gasteiger partial charge in [-0.3, -0.25) is 0 Å². The lowest BCUT2D eigenvalue weighted by Crippen LogP contribution is -2.45. The van der Waals surface area contributed by atoms with E-state index in [0.717, 1.165) is 6.54 Å². The Morgan fingerprint density at radius 2 is 1.05 bits per heavy atom. The van der Waals surface area contributed by atoms with Crippen LogP contribution < -0.4 is 13.7 Å². The molecule has 0 unspecified atom stereocenters. The van der Waals surface area contributed by atoms with E-state index in [1.807, 2.05) is 0 Å². The molecule has 204 valence electrons. The highest BCUT2D eigenvalue weighted by atomic mass is 15.1. The predicted molar refractivity (Wildman–Crippen MR) is 171 cm³/mol. The summed E-state index contributed by atoms with van der Waals surface area (Å²) in [4.78, 5) is 0. The molecule has 10 rings (SSSR count). The first kappa shape index (κ1) is 24.4. The predicted octanol–water partition coefficient (Wildman–Crippen LogP) is 7.50. The third-order valence-corrected chi connectivity index (χ3v) is 9.66. The van der Waals surface area contributed by atoms with E-state index in [1.54, 1.807) is 0 Å². The minimum atomic E-state index is 0.744. The van der Waals surface area contributed by atoms with Crippen LogP contribution in [0.3, 0.4) is 0 Å². The summed E-state index contributed by atoms with van der Waals surface area (Å²) in [7, 11) is 0. The number of allylic oxidation sites excluding steroid dienone is 1. The SMILES string of the molecule is Cc1cc(C)c2c3c1-c1cccc[n+]1C/C1=C(/c4ccccc4-c4c(C)cc(C)c([n+]4-3)-c3ccccc31)[n+]1ccccc1-2. The molecule has 43 heavy (non-hydrogen) atoms. The van der Waals surface area contributed by atoms with Crippen LogP contribution in [0.25, 0.3) is 62.0 Å². The fraction of sp³-hybridized carbons (Fsp3) is 0.125. The highest BCUT2D eigenvalue weighted by Gasteiger charge is 2.45. The van der Waals surface area contributed by atoms with Crippen LogP contribution in [0.15, 0.2) is 109 Å². The Kier molecular flexibility index (Phi) is 4.94. The zero-order valence-electron chi connectivity index (χ0n) is 24.9. The van der Waals surface area contributed by atoms with Gasteiger partial charge in [-0.1, -0.05) is 36.4 Å². The first-order valence-electron chi connectivity index (χ1n) is 15.2. The lowest BCUT2D eigenvalue weighted by atomic mass is 9.87. The van der Waals surface area contributed by atoms with E-state index >= 15 is 0 Å². The molecule has 4 aliphatic heterocycles. The van der Waals surface area contributed by atoms with Crippen LogP contribution in [0.2, 0.25) is 0 Å². The lowest BCUT2D eigenvalue weighted by Gasteiger charge is -2.22. The van der Waals surface area contributed by atoms with E-state index in [2.05, 4.69) is 151 Å². The van der Waals surface area contributed by atoms with Crippen LogP contribution in [0.5, 0.6) is 0 Å². The monoisotopic (exact) mass is 554 g/mol. The van der Waals surface area contributed by atoms with Gasteiger partial charge in [-0.05, 0) is 75.2 Å². The van der Waals surface area contributed by atoms with E-state index in [4.69, 9.17) is 0 Å². The van der Waals surface area contributed by atoms with Crippen molar-refractivity contribution in [2.45, 2.75) is 34.2 Å². The first-order chi connectivity index (χ1) is 21.0. The number of hydrogen-bond donors (Lipinski definition) is 0. The maximum Gasteiger partial charge on any atom is 0.240 e. The Labute approximate surface area is 252 Å². The van der Waals surface area contributed by atoms with Gasteiger partial charge in [-0.15, -0.1) is 0 Å². The topological polar surface area (TPSA) is 11.6 Å². The average molecular weight is 555 g/mol. The fourth-order valence-electron chi connectivity index (χ4n) is 8.08. The zero-order valence-corrected chi connectivity index (χ0v) is 24.9. The first-order valence-corrected chi connectivity index (χ1v) is 15.2. The Morgan fingerprint density at radius 1 is 0.512 bits per heavy atom. The van der Waals surface area contributed by atoms with Crippen LogP contribution in [0, 0.1) is 27.7 Å². The molecule has 3 aromatic heterocycles. The minimum Gasteiger partial charge on any atom is -0.193 e. The van der Waals surface area contributed by atoms with Crippen molar-refractivity contribution in [3.63, 3.8) is 0 Å². The maximum absolute atomic E-state index is 2.64. The number of aromatic nitrogens is 3. The largest absolute Gasteiger partial charge is 0.240 e. The van der Waals surface area contributed by atoms with Crippen molar-refractivity contribution in [2.75, 3.05) is 0 Å². The molecule has 0 saturated heterocycles. The van der Waals surface area contributed by atoms with Gasteiger partial charge in [0.25, 0.3) is 0 Å². The van der Waals surface area contributed by atoms with Crippen molar-refractivity contribution in [3.05, 3.63) is 143 Å². The molecule has 0 amide bonds. The van der Waals surface area contributed by atoms with Crippen LogP contribution in [0.4, 0.5) is 0 Å². The van der Waals surface area contributed by atoms with Gasteiger partial charge in [-0.25, -0.2) is 0 Å². The third kappa shape index (κ3) is 3.17. The van der Waals surface area contributed by atoms with Crippen molar-refractivity contribution in [1.82, 2.24) is 0 Å². The molecule has 0 aliphatic carbocycles. The second-order valence-electron chi connectivity index (χ2n) is 12.2. The second kappa shape index (κ2) is 8.68. The van der Waals surface area contributed by atoms with Crippen LogP contribution >= 0.6 is 0 Å². The molecular formula is C40H32N3+3. The molecule has 0 atom stereocenters. The number of benzene rings is 3. The molecule has 0 N–H and O–H groups in total. The molecule has 4 aliphatic rings. The third-order valence-electron chi connectivity index (χ3n) is 9.66.